The third kappa shape index (κ3) is 3.22. The largest absolute Gasteiger partial charge is 0.481 e. The Morgan fingerprint density at radius 2 is 2.20 bits per heavy atom. The molecule has 0 radical (unpaired) electrons. The molecule has 1 rings (SSSR count). The van der Waals surface area contributed by atoms with Crippen LogP contribution in [0.3, 0.4) is 0 Å². The molecule has 1 atom stereocenters. The summed E-state index contributed by atoms with van der Waals surface area (Å²) in [5, 5.41) is 9.50. The van der Waals surface area contributed by atoms with E-state index in [9.17, 15) is 4.79 Å². The van der Waals surface area contributed by atoms with Crippen molar-refractivity contribution in [1.82, 2.24) is 0 Å². The molecule has 0 heterocycles. The Bertz CT molecular complexity index is 338. The number of aliphatic carboxylic acids is 1. The Morgan fingerprint density at radius 1 is 1.53 bits per heavy atom. The maximum absolute atomic E-state index is 11.0. The molecule has 4 heteroatoms. The van der Waals surface area contributed by atoms with E-state index in [-0.39, 0.29) is 6.61 Å². The lowest BCUT2D eigenvalue weighted by Crippen LogP contribution is -2.18. The van der Waals surface area contributed by atoms with Gasteiger partial charge in [-0.05, 0) is 18.6 Å². The van der Waals surface area contributed by atoms with Gasteiger partial charge in [0.05, 0.1) is 6.61 Å². The van der Waals surface area contributed by atoms with Crippen LogP contribution in [-0.4, -0.2) is 24.3 Å². The summed E-state index contributed by atoms with van der Waals surface area (Å²) in [5.41, 5.74) is 0.597. The van der Waals surface area contributed by atoms with E-state index >= 15 is 0 Å². The molecule has 15 heavy (non-hydrogen) atoms. The highest BCUT2D eigenvalue weighted by Gasteiger charge is 2.21. The monoisotopic (exact) mass is 228 g/mol. The third-order valence-corrected chi connectivity index (χ3v) is 2.41. The van der Waals surface area contributed by atoms with Crippen molar-refractivity contribution < 1.29 is 14.6 Å². The Balaban J connectivity index is 2.89. The molecular formula is C11H13ClO3. The van der Waals surface area contributed by atoms with E-state index in [1.165, 1.54) is 0 Å². The van der Waals surface area contributed by atoms with Crippen LogP contribution in [-0.2, 0) is 9.53 Å². The molecule has 82 valence electrons. The molecule has 0 spiro atoms. The van der Waals surface area contributed by atoms with Crippen LogP contribution >= 0.6 is 11.6 Å². The van der Waals surface area contributed by atoms with Crippen molar-refractivity contribution in [3.05, 3.63) is 34.9 Å². The molecule has 0 aliphatic heterocycles. The van der Waals surface area contributed by atoms with Gasteiger partial charge in [-0.15, -0.1) is 0 Å². The van der Waals surface area contributed by atoms with Crippen LogP contribution in [0.4, 0.5) is 0 Å². The summed E-state index contributed by atoms with van der Waals surface area (Å²) in [7, 11) is 0. The van der Waals surface area contributed by atoms with Crippen LogP contribution in [0.2, 0.25) is 5.02 Å². The second-order valence-corrected chi connectivity index (χ2v) is 3.48. The number of rotatable bonds is 5. The van der Waals surface area contributed by atoms with Crippen LogP contribution < -0.4 is 0 Å². The lowest BCUT2D eigenvalue weighted by Gasteiger charge is -2.13. The Labute approximate surface area is 93.6 Å². The van der Waals surface area contributed by atoms with E-state index < -0.39 is 11.9 Å². The van der Waals surface area contributed by atoms with E-state index in [4.69, 9.17) is 21.4 Å². The van der Waals surface area contributed by atoms with Gasteiger partial charge in [0.15, 0.2) is 0 Å². The van der Waals surface area contributed by atoms with Gasteiger partial charge in [-0.3, -0.25) is 4.79 Å². The number of ether oxygens (including phenoxy) is 1. The smallest absolute Gasteiger partial charge is 0.313 e. The van der Waals surface area contributed by atoms with Crippen molar-refractivity contribution in [2.24, 2.45) is 0 Å². The highest BCUT2D eigenvalue weighted by atomic mass is 35.5. The van der Waals surface area contributed by atoms with Gasteiger partial charge >= 0.3 is 5.97 Å². The average molecular weight is 229 g/mol. The molecule has 0 aliphatic carbocycles. The van der Waals surface area contributed by atoms with Crippen molar-refractivity contribution in [3.63, 3.8) is 0 Å². The van der Waals surface area contributed by atoms with Gasteiger partial charge in [0.25, 0.3) is 0 Å². The Morgan fingerprint density at radius 3 is 2.73 bits per heavy atom. The standard InChI is InChI=1S/C11H13ClO3/c1-2-15-7-9(11(13)14)8-5-3-4-6-10(8)12/h3-6,9H,2,7H2,1H3,(H,13,14). The first kappa shape index (κ1) is 12.0. The van der Waals surface area contributed by atoms with Crippen LogP contribution in [0.15, 0.2) is 24.3 Å². The number of halogens is 1. The van der Waals surface area contributed by atoms with E-state index in [0.29, 0.717) is 17.2 Å². The first-order valence-electron chi connectivity index (χ1n) is 4.71. The van der Waals surface area contributed by atoms with Crippen LogP contribution in [0.25, 0.3) is 0 Å². The summed E-state index contributed by atoms with van der Waals surface area (Å²) < 4.78 is 5.13. The molecule has 0 aliphatic rings. The first-order valence-corrected chi connectivity index (χ1v) is 5.09. The fourth-order valence-electron chi connectivity index (χ4n) is 1.29. The second kappa shape index (κ2) is 5.73. The summed E-state index contributed by atoms with van der Waals surface area (Å²) in [5.74, 6) is -1.62. The van der Waals surface area contributed by atoms with E-state index in [2.05, 4.69) is 0 Å². The van der Waals surface area contributed by atoms with Crippen LogP contribution in [0, 0.1) is 0 Å². The zero-order chi connectivity index (χ0) is 11.3. The molecule has 0 fully saturated rings. The van der Waals surface area contributed by atoms with E-state index in [1.807, 2.05) is 6.92 Å². The highest BCUT2D eigenvalue weighted by molar-refractivity contribution is 6.31. The Kier molecular flexibility index (Phi) is 4.59. The predicted molar refractivity (Wildman–Crippen MR) is 58.3 cm³/mol. The van der Waals surface area contributed by atoms with E-state index in [0.717, 1.165) is 0 Å². The number of carbonyl (C=O) groups is 1. The SMILES string of the molecule is CCOCC(C(=O)O)c1ccccc1Cl. The number of hydrogen-bond donors (Lipinski definition) is 1. The summed E-state index contributed by atoms with van der Waals surface area (Å²) >= 11 is 5.92. The van der Waals surface area contributed by atoms with Gasteiger partial charge in [-0.1, -0.05) is 29.8 Å². The second-order valence-electron chi connectivity index (χ2n) is 3.07. The molecule has 1 N–H and O–H groups in total. The molecular weight excluding hydrogens is 216 g/mol. The van der Waals surface area contributed by atoms with Crippen molar-refractivity contribution in [2.45, 2.75) is 12.8 Å². The molecule has 1 unspecified atom stereocenters. The topological polar surface area (TPSA) is 46.5 Å². The van der Waals surface area contributed by atoms with Crippen molar-refractivity contribution in [1.29, 1.82) is 0 Å². The fraction of sp³-hybridized carbons (Fsp3) is 0.364. The van der Waals surface area contributed by atoms with Crippen molar-refractivity contribution >= 4 is 17.6 Å². The summed E-state index contributed by atoms with van der Waals surface area (Å²) in [6.07, 6.45) is 0. The average Bonchev–Trinajstić information content (AvgIpc) is 2.20. The number of carboxylic acids is 1. The summed E-state index contributed by atoms with van der Waals surface area (Å²) in [6.45, 7) is 2.47. The summed E-state index contributed by atoms with van der Waals surface area (Å²) in [6, 6.07) is 6.92. The lowest BCUT2D eigenvalue weighted by molar-refractivity contribution is -0.140. The molecule has 0 amide bonds. The van der Waals surface area contributed by atoms with Gasteiger partial charge in [0, 0.05) is 11.6 Å². The van der Waals surface area contributed by atoms with Gasteiger partial charge in [-0.25, -0.2) is 0 Å². The van der Waals surface area contributed by atoms with Gasteiger partial charge < -0.3 is 9.84 Å². The molecule has 3 nitrogen and oxygen atoms in total. The van der Waals surface area contributed by atoms with Crippen molar-refractivity contribution in [2.75, 3.05) is 13.2 Å². The molecule has 1 aromatic rings. The molecule has 0 aromatic heterocycles. The zero-order valence-corrected chi connectivity index (χ0v) is 9.20. The molecule has 0 saturated carbocycles. The molecule has 0 saturated heterocycles. The van der Waals surface area contributed by atoms with Gasteiger partial charge in [-0.2, -0.15) is 0 Å². The fourth-order valence-corrected chi connectivity index (χ4v) is 1.55. The highest BCUT2D eigenvalue weighted by Crippen LogP contribution is 2.24. The minimum absolute atomic E-state index is 0.148. The van der Waals surface area contributed by atoms with Crippen LogP contribution in [0.1, 0.15) is 18.4 Å². The molecule has 0 bridgehead atoms. The minimum atomic E-state index is -0.920. The maximum atomic E-state index is 11.0. The van der Waals surface area contributed by atoms with Crippen molar-refractivity contribution in [3.8, 4) is 0 Å². The minimum Gasteiger partial charge on any atom is -0.481 e. The summed E-state index contributed by atoms with van der Waals surface area (Å²) in [4.78, 5) is 11.0. The van der Waals surface area contributed by atoms with Crippen LogP contribution in [0.5, 0.6) is 0 Å². The maximum Gasteiger partial charge on any atom is 0.313 e. The van der Waals surface area contributed by atoms with Gasteiger partial charge in [0.2, 0.25) is 0 Å². The third-order valence-electron chi connectivity index (χ3n) is 2.07. The number of carboxylic acid groups (broad SMARTS) is 1. The zero-order valence-electron chi connectivity index (χ0n) is 8.44. The van der Waals surface area contributed by atoms with E-state index in [1.54, 1.807) is 24.3 Å². The molecule has 1 aromatic carbocycles. The first-order chi connectivity index (χ1) is 7.16. The predicted octanol–water partition coefficient (Wildman–Crippen LogP) is 2.54. The lowest BCUT2D eigenvalue weighted by atomic mass is 10.0. The number of benzene rings is 1. The van der Waals surface area contributed by atoms with Gasteiger partial charge in [0.1, 0.15) is 5.92 Å². The number of hydrogen-bond acceptors (Lipinski definition) is 2. The normalized spacial score (nSPS) is 12.4. The quantitative estimate of drug-likeness (QED) is 0.843. The Hall–Kier alpha value is -1.06.